The van der Waals surface area contributed by atoms with Gasteiger partial charge in [-0.2, -0.15) is 0 Å². The molecule has 7 nitrogen and oxygen atoms in total. The van der Waals surface area contributed by atoms with Gasteiger partial charge in [-0.25, -0.2) is 4.98 Å². The average molecular weight is 328 g/mol. The molecule has 2 atom stereocenters. The zero-order valence-corrected chi connectivity index (χ0v) is 13.8. The lowest BCUT2D eigenvalue weighted by atomic mass is 10.2. The van der Waals surface area contributed by atoms with Crippen LogP contribution in [0.25, 0.3) is 0 Å². The van der Waals surface area contributed by atoms with Crippen molar-refractivity contribution in [1.29, 1.82) is 0 Å². The highest BCUT2D eigenvalue weighted by molar-refractivity contribution is 5.92. The third-order valence-electron chi connectivity index (χ3n) is 4.05. The molecule has 2 aromatic heterocycles. The molecule has 0 spiro atoms. The topological polar surface area (TPSA) is 77.4 Å². The third kappa shape index (κ3) is 3.68. The predicted octanol–water partition coefficient (Wildman–Crippen LogP) is 1.49. The van der Waals surface area contributed by atoms with E-state index in [0.717, 1.165) is 12.1 Å². The number of hydrogen-bond acceptors (Lipinski definition) is 6. The van der Waals surface area contributed by atoms with Crippen molar-refractivity contribution >= 4 is 5.91 Å². The Balaban J connectivity index is 1.71. The number of likely N-dealkylation sites (tertiary alicyclic amines) is 1. The Labute approximate surface area is 140 Å². The Morgan fingerprint density at radius 3 is 2.88 bits per heavy atom. The third-order valence-corrected chi connectivity index (χ3v) is 4.05. The fourth-order valence-corrected chi connectivity index (χ4v) is 2.73. The van der Waals surface area contributed by atoms with Gasteiger partial charge in [-0.15, -0.1) is 0 Å². The largest absolute Gasteiger partial charge is 0.490 e. The summed E-state index contributed by atoms with van der Waals surface area (Å²) in [4.78, 5) is 26.8. The normalized spacial score (nSPS) is 20.2. The van der Waals surface area contributed by atoms with Crippen LogP contribution >= 0.6 is 0 Å². The number of aryl methyl sites for hydroxylation is 1. The SMILES string of the molecule is CO[C@@H]1C[C@@H](COc2cccnc2)N(C(=O)c2cnc(C)cn2)C1. The average Bonchev–Trinajstić information content (AvgIpc) is 3.04. The number of nitrogens with zero attached hydrogens (tertiary/aromatic N) is 4. The highest BCUT2D eigenvalue weighted by Gasteiger charge is 2.36. The van der Waals surface area contributed by atoms with Gasteiger partial charge < -0.3 is 14.4 Å². The summed E-state index contributed by atoms with van der Waals surface area (Å²) in [5, 5.41) is 0. The Hall–Kier alpha value is -2.54. The molecule has 126 valence electrons. The highest BCUT2D eigenvalue weighted by Crippen LogP contribution is 2.23. The van der Waals surface area contributed by atoms with Crippen LogP contribution in [-0.2, 0) is 4.74 Å². The van der Waals surface area contributed by atoms with Crippen LogP contribution in [0, 0.1) is 6.92 Å². The van der Waals surface area contributed by atoms with Crippen LogP contribution in [0.1, 0.15) is 22.6 Å². The molecule has 0 radical (unpaired) electrons. The summed E-state index contributed by atoms with van der Waals surface area (Å²) in [5.41, 5.74) is 1.11. The minimum absolute atomic E-state index is 0.00476. The molecular weight excluding hydrogens is 308 g/mol. The minimum Gasteiger partial charge on any atom is -0.490 e. The molecular formula is C17H20N4O3. The Morgan fingerprint density at radius 2 is 2.21 bits per heavy atom. The van der Waals surface area contributed by atoms with Gasteiger partial charge in [0.15, 0.2) is 0 Å². The summed E-state index contributed by atoms with van der Waals surface area (Å²) >= 11 is 0. The zero-order valence-electron chi connectivity index (χ0n) is 13.8. The number of carbonyl (C=O) groups excluding carboxylic acids is 1. The molecule has 1 aliphatic heterocycles. The number of amides is 1. The van der Waals surface area contributed by atoms with Gasteiger partial charge in [-0.1, -0.05) is 0 Å². The lowest BCUT2D eigenvalue weighted by Crippen LogP contribution is -2.39. The molecule has 1 amide bonds. The van der Waals surface area contributed by atoms with Crippen LogP contribution in [0.15, 0.2) is 36.9 Å². The molecule has 3 rings (SSSR count). The maximum absolute atomic E-state index is 12.7. The Kier molecular flexibility index (Phi) is 5.00. The van der Waals surface area contributed by atoms with Gasteiger partial charge in [-0.05, 0) is 25.5 Å². The zero-order chi connectivity index (χ0) is 16.9. The summed E-state index contributed by atoms with van der Waals surface area (Å²) in [6.07, 6.45) is 7.17. The van der Waals surface area contributed by atoms with Crippen molar-refractivity contribution in [3.8, 4) is 5.75 Å². The van der Waals surface area contributed by atoms with E-state index in [2.05, 4.69) is 15.0 Å². The predicted molar refractivity (Wildman–Crippen MR) is 86.7 cm³/mol. The van der Waals surface area contributed by atoms with Crippen molar-refractivity contribution < 1.29 is 14.3 Å². The monoisotopic (exact) mass is 328 g/mol. The van der Waals surface area contributed by atoms with Crippen molar-refractivity contribution in [2.45, 2.75) is 25.5 Å². The van der Waals surface area contributed by atoms with Crippen molar-refractivity contribution in [3.05, 3.63) is 48.3 Å². The maximum Gasteiger partial charge on any atom is 0.274 e. The number of rotatable bonds is 5. The molecule has 0 aromatic carbocycles. The van der Waals surface area contributed by atoms with E-state index in [1.54, 1.807) is 30.6 Å². The Bertz CT molecular complexity index is 678. The first kappa shape index (κ1) is 16.3. The van der Waals surface area contributed by atoms with Gasteiger partial charge in [0, 0.05) is 26.0 Å². The number of aromatic nitrogens is 3. The quantitative estimate of drug-likeness (QED) is 0.827. The van der Waals surface area contributed by atoms with Gasteiger partial charge in [0.05, 0.1) is 30.2 Å². The van der Waals surface area contributed by atoms with E-state index in [4.69, 9.17) is 9.47 Å². The van der Waals surface area contributed by atoms with Crippen molar-refractivity contribution in [1.82, 2.24) is 19.9 Å². The van der Waals surface area contributed by atoms with Crippen molar-refractivity contribution in [3.63, 3.8) is 0 Å². The standard InChI is InChI=1S/C17H20N4O3/c1-12-7-20-16(9-19-12)17(22)21-10-15(23-2)6-13(21)11-24-14-4-3-5-18-8-14/h3-5,7-9,13,15H,6,10-11H2,1-2H3/t13-,15+/m0/s1. The van der Waals surface area contributed by atoms with Crippen LogP contribution in [0.5, 0.6) is 5.75 Å². The fourth-order valence-electron chi connectivity index (χ4n) is 2.73. The van der Waals surface area contributed by atoms with E-state index in [0.29, 0.717) is 24.6 Å². The molecule has 1 aliphatic rings. The van der Waals surface area contributed by atoms with Crippen molar-refractivity contribution in [2.24, 2.45) is 0 Å². The van der Waals surface area contributed by atoms with Crippen LogP contribution in [0.3, 0.4) is 0 Å². The minimum atomic E-state index is -0.151. The van der Waals surface area contributed by atoms with Crippen LogP contribution in [0.4, 0.5) is 0 Å². The van der Waals surface area contributed by atoms with Gasteiger partial charge in [0.2, 0.25) is 0 Å². The second kappa shape index (κ2) is 7.35. The number of ether oxygens (including phenoxy) is 2. The highest BCUT2D eigenvalue weighted by atomic mass is 16.5. The summed E-state index contributed by atoms with van der Waals surface area (Å²) < 4.78 is 11.2. The van der Waals surface area contributed by atoms with Crippen LogP contribution < -0.4 is 4.74 Å². The number of carbonyl (C=O) groups is 1. The lowest BCUT2D eigenvalue weighted by Gasteiger charge is -2.24. The first-order chi connectivity index (χ1) is 11.7. The smallest absolute Gasteiger partial charge is 0.274 e. The van der Waals surface area contributed by atoms with Gasteiger partial charge >= 0.3 is 0 Å². The molecule has 24 heavy (non-hydrogen) atoms. The molecule has 3 heterocycles. The molecule has 0 saturated carbocycles. The second-order valence-electron chi connectivity index (χ2n) is 5.75. The van der Waals surface area contributed by atoms with Crippen LogP contribution in [0.2, 0.25) is 0 Å². The summed E-state index contributed by atoms with van der Waals surface area (Å²) in [7, 11) is 1.66. The van der Waals surface area contributed by atoms with Gasteiger partial charge in [0.25, 0.3) is 5.91 Å². The van der Waals surface area contributed by atoms with E-state index in [-0.39, 0.29) is 18.1 Å². The summed E-state index contributed by atoms with van der Waals surface area (Å²) in [5.74, 6) is 0.530. The second-order valence-corrected chi connectivity index (χ2v) is 5.75. The number of methoxy groups -OCH3 is 1. The first-order valence-corrected chi connectivity index (χ1v) is 7.82. The first-order valence-electron chi connectivity index (χ1n) is 7.82. The van der Waals surface area contributed by atoms with Gasteiger partial charge in [-0.3, -0.25) is 14.8 Å². The van der Waals surface area contributed by atoms with E-state index >= 15 is 0 Å². The molecule has 1 saturated heterocycles. The molecule has 0 unspecified atom stereocenters. The summed E-state index contributed by atoms with van der Waals surface area (Å²) in [6.45, 7) is 2.74. The van der Waals surface area contributed by atoms with Gasteiger partial charge in [0.1, 0.15) is 18.1 Å². The maximum atomic E-state index is 12.7. The van der Waals surface area contributed by atoms with E-state index in [9.17, 15) is 4.79 Å². The van der Waals surface area contributed by atoms with E-state index in [1.807, 2.05) is 19.1 Å². The molecule has 7 heteroatoms. The number of pyridine rings is 1. The fraction of sp³-hybridized carbons (Fsp3) is 0.412. The Morgan fingerprint density at radius 1 is 1.33 bits per heavy atom. The molecule has 0 N–H and O–H groups in total. The molecule has 2 aromatic rings. The molecule has 1 fully saturated rings. The lowest BCUT2D eigenvalue weighted by molar-refractivity contribution is 0.0651. The molecule has 0 aliphatic carbocycles. The van der Waals surface area contributed by atoms with E-state index < -0.39 is 0 Å². The van der Waals surface area contributed by atoms with E-state index in [1.165, 1.54) is 6.20 Å². The van der Waals surface area contributed by atoms with Crippen molar-refractivity contribution in [2.75, 3.05) is 20.3 Å². The molecule has 0 bridgehead atoms. The van der Waals surface area contributed by atoms with Crippen LogP contribution in [-0.4, -0.2) is 58.2 Å². The number of hydrogen-bond donors (Lipinski definition) is 0. The summed E-state index contributed by atoms with van der Waals surface area (Å²) in [6, 6.07) is 3.57.